The highest BCUT2D eigenvalue weighted by Gasteiger charge is 2.08. The maximum absolute atomic E-state index is 12.0. The first-order chi connectivity index (χ1) is 12.3. The van der Waals surface area contributed by atoms with Crippen molar-refractivity contribution in [2.75, 3.05) is 47.8 Å². The standard InChI is InChI=1S/C19H29N5O2/c1-6-11-20-19(22-14-17(25)23(2)3)21-12-10-15-8-7-9-16(13-15)18(26)24(4)5/h6-9,13H,1,10-12,14H2,2-5H3,(H2,20,21,22). The zero-order chi connectivity index (χ0) is 19.5. The van der Waals surface area contributed by atoms with E-state index in [0.29, 0.717) is 24.6 Å². The summed E-state index contributed by atoms with van der Waals surface area (Å²) in [5, 5.41) is 6.28. The Balaban J connectivity index is 2.65. The molecule has 0 aliphatic carbocycles. The normalized spacial score (nSPS) is 10.8. The molecule has 0 aromatic heterocycles. The van der Waals surface area contributed by atoms with Crippen molar-refractivity contribution in [3.8, 4) is 0 Å². The van der Waals surface area contributed by atoms with Crippen molar-refractivity contribution in [3.05, 3.63) is 48.0 Å². The molecule has 0 aliphatic rings. The smallest absolute Gasteiger partial charge is 0.253 e. The maximum Gasteiger partial charge on any atom is 0.253 e. The van der Waals surface area contributed by atoms with E-state index in [1.165, 1.54) is 4.90 Å². The molecule has 0 aliphatic heterocycles. The molecule has 2 amide bonds. The molecule has 0 bridgehead atoms. The number of carbonyl (C=O) groups is 2. The Morgan fingerprint density at radius 2 is 1.88 bits per heavy atom. The average molecular weight is 359 g/mol. The molecule has 1 aromatic carbocycles. The summed E-state index contributed by atoms with van der Waals surface area (Å²) in [5.74, 6) is 0.470. The summed E-state index contributed by atoms with van der Waals surface area (Å²) in [6.07, 6.45) is 2.45. The van der Waals surface area contributed by atoms with Crippen LogP contribution in [0, 0.1) is 0 Å². The van der Waals surface area contributed by atoms with Crippen LogP contribution in [-0.4, -0.2) is 75.4 Å². The highest BCUT2D eigenvalue weighted by Crippen LogP contribution is 2.07. The van der Waals surface area contributed by atoms with E-state index in [2.05, 4.69) is 22.2 Å². The van der Waals surface area contributed by atoms with Crippen LogP contribution in [-0.2, 0) is 11.2 Å². The van der Waals surface area contributed by atoms with Gasteiger partial charge in [0.2, 0.25) is 5.91 Å². The van der Waals surface area contributed by atoms with Crippen molar-refractivity contribution in [2.45, 2.75) is 6.42 Å². The average Bonchev–Trinajstić information content (AvgIpc) is 2.62. The largest absolute Gasteiger partial charge is 0.356 e. The highest BCUT2D eigenvalue weighted by molar-refractivity contribution is 5.94. The second kappa shape index (κ2) is 10.9. The Morgan fingerprint density at radius 1 is 1.15 bits per heavy atom. The first-order valence-electron chi connectivity index (χ1n) is 8.49. The predicted molar refractivity (Wildman–Crippen MR) is 105 cm³/mol. The lowest BCUT2D eigenvalue weighted by Crippen LogP contribution is -2.39. The van der Waals surface area contributed by atoms with Gasteiger partial charge in [0.25, 0.3) is 5.91 Å². The second-order valence-corrected chi connectivity index (χ2v) is 6.20. The van der Waals surface area contributed by atoms with Crippen LogP contribution in [0.15, 0.2) is 41.9 Å². The molecule has 0 unspecified atom stereocenters. The quantitative estimate of drug-likeness (QED) is 0.408. The number of nitrogens with zero attached hydrogens (tertiary/aromatic N) is 3. The molecule has 7 nitrogen and oxygen atoms in total. The first-order valence-corrected chi connectivity index (χ1v) is 8.49. The van der Waals surface area contributed by atoms with Crippen LogP contribution in [0.3, 0.4) is 0 Å². The molecule has 1 aromatic rings. The molecular formula is C19H29N5O2. The number of aliphatic imine (C=N–C) groups is 1. The van der Waals surface area contributed by atoms with Crippen molar-refractivity contribution in [3.63, 3.8) is 0 Å². The fourth-order valence-electron chi connectivity index (χ4n) is 2.07. The Bertz CT molecular complexity index is 653. The number of guanidine groups is 1. The van der Waals surface area contributed by atoms with E-state index in [0.717, 1.165) is 12.0 Å². The topological polar surface area (TPSA) is 77.0 Å². The zero-order valence-electron chi connectivity index (χ0n) is 16.1. The molecule has 142 valence electrons. The molecule has 2 N–H and O–H groups in total. The van der Waals surface area contributed by atoms with Gasteiger partial charge in [-0.05, 0) is 24.1 Å². The SMILES string of the molecule is C=CCNC(=NCC(=O)N(C)C)NCCc1cccc(C(=O)N(C)C)c1. The fourth-order valence-corrected chi connectivity index (χ4v) is 2.07. The number of rotatable bonds is 8. The minimum atomic E-state index is -0.0698. The Morgan fingerprint density at radius 3 is 2.50 bits per heavy atom. The second-order valence-electron chi connectivity index (χ2n) is 6.20. The van der Waals surface area contributed by atoms with Gasteiger partial charge in [-0.3, -0.25) is 9.59 Å². The van der Waals surface area contributed by atoms with Gasteiger partial charge in [-0.2, -0.15) is 0 Å². The van der Waals surface area contributed by atoms with Crippen LogP contribution in [0.25, 0.3) is 0 Å². The van der Waals surface area contributed by atoms with Gasteiger partial charge < -0.3 is 20.4 Å². The number of benzene rings is 1. The van der Waals surface area contributed by atoms with E-state index in [1.807, 2.05) is 24.3 Å². The van der Waals surface area contributed by atoms with Crippen molar-refractivity contribution in [2.24, 2.45) is 4.99 Å². The van der Waals surface area contributed by atoms with E-state index in [4.69, 9.17) is 0 Å². The fraction of sp³-hybridized carbons (Fsp3) is 0.421. The molecule has 0 atom stereocenters. The molecule has 0 saturated carbocycles. The van der Waals surface area contributed by atoms with E-state index in [-0.39, 0.29) is 18.4 Å². The van der Waals surface area contributed by atoms with E-state index >= 15 is 0 Å². The van der Waals surface area contributed by atoms with Crippen LogP contribution >= 0.6 is 0 Å². The third-order valence-electron chi connectivity index (χ3n) is 3.57. The van der Waals surface area contributed by atoms with Crippen molar-refractivity contribution in [1.82, 2.24) is 20.4 Å². The summed E-state index contributed by atoms with van der Waals surface area (Å²) in [7, 11) is 6.87. The summed E-state index contributed by atoms with van der Waals surface area (Å²) in [6.45, 7) is 4.92. The Hall–Kier alpha value is -2.83. The number of carbonyl (C=O) groups excluding carboxylic acids is 2. The third-order valence-corrected chi connectivity index (χ3v) is 3.57. The van der Waals surface area contributed by atoms with Gasteiger partial charge in [0.05, 0.1) is 0 Å². The van der Waals surface area contributed by atoms with Crippen LogP contribution in [0.4, 0.5) is 0 Å². The lowest BCUT2D eigenvalue weighted by atomic mass is 10.1. The van der Waals surface area contributed by atoms with Gasteiger partial charge in [-0.1, -0.05) is 18.2 Å². The lowest BCUT2D eigenvalue weighted by Gasteiger charge is -2.14. The summed E-state index contributed by atoms with van der Waals surface area (Å²) >= 11 is 0. The molecule has 0 fully saturated rings. The number of amides is 2. The molecule has 0 radical (unpaired) electrons. The zero-order valence-corrected chi connectivity index (χ0v) is 16.1. The molecule has 26 heavy (non-hydrogen) atoms. The van der Waals surface area contributed by atoms with Crippen LogP contribution in [0.2, 0.25) is 0 Å². The summed E-state index contributed by atoms with van der Waals surface area (Å²) < 4.78 is 0. The molecule has 0 heterocycles. The molecule has 0 spiro atoms. The predicted octanol–water partition coefficient (Wildman–Crippen LogP) is 0.740. The first kappa shape index (κ1) is 21.2. The summed E-state index contributed by atoms with van der Waals surface area (Å²) in [5.41, 5.74) is 1.72. The van der Waals surface area contributed by atoms with Gasteiger partial charge in [-0.15, -0.1) is 6.58 Å². The van der Waals surface area contributed by atoms with Crippen LogP contribution < -0.4 is 10.6 Å². The molecule has 1 rings (SSSR count). The van der Waals surface area contributed by atoms with Gasteiger partial charge in [0.15, 0.2) is 5.96 Å². The molecule has 7 heteroatoms. The van der Waals surface area contributed by atoms with Gasteiger partial charge in [0.1, 0.15) is 6.54 Å². The summed E-state index contributed by atoms with van der Waals surface area (Å²) in [6, 6.07) is 7.57. The van der Waals surface area contributed by atoms with Crippen molar-refractivity contribution in [1.29, 1.82) is 0 Å². The minimum Gasteiger partial charge on any atom is -0.356 e. The highest BCUT2D eigenvalue weighted by atomic mass is 16.2. The van der Waals surface area contributed by atoms with Crippen molar-refractivity contribution >= 4 is 17.8 Å². The van der Waals surface area contributed by atoms with E-state index in [9.17, 15) is 9.59 Å². The lowest BCUT2D eigenvalue weighted by molar-refractivity contribution is -0.127. The monoisotopic (exact) mass is 359 g/mol. The number of nitrogens with one attached hydrogen (secondary N) is 2. The molecular weight excluding hydrogens is 330 g/mol. The summed E-state index contributed by atoms with van der Waals surface area (Å²) in [4.78, 5) is 31.1. The van der Waals surface area contributed by atoms with Crippen LogP contribution in [0.5, 0.6) is 0 Å². The van der Waals surface area contributed by atoms with Crippen LogP contribution in [0.1, 0.15) is 15.9 Å². The van der Waals surface area contributed by atoms with Gasteiger partial charge >= 0.3 is 0 Å². The Labute approximate surface area is 155 Å². The van der Waals surface area contributed by atoms with Crippen molar-refractivity contribution < 1.29 is 9.59 Å². The maximum atomic E-state index is 12.0. The Kier molecular flexibility index (Phi) is 8.91. The third kappa shape index (κ3) is 7.38. The van der Waals surface area contributed by atoms with E-state index < -0.39 is 0 Å². The van der Waals surface area contributed by atoms with E-state index in [1.54, 1.807) is 39.2 Å². The number of likely N-dealkylation sites (N-methyl/N-ethyl adjacent to an activating group) is 1. The minimum absolute atomic E-state index is 0.0168. The van der Waals surface area contributed by atoms with Gasteiger partial charge in [0, 0.05) is 46.8 Å². The number of hydrogen-bond donors (Lipinski definition) is 2. The van der Waals surface area contributed by atoms with Gasteiger partial charge in [-0.25, -0.2) is 4.99 Å². The molecule has 0 saturated heterocycles. The number of hydrogen-bond acceptors (Lipinski definition) is 3.